The van der Waals surface area contributed by atoms with Gasteiger partial charge in [0.05, 0.1) is 0 Å². The molecule has 0 radical (unpaired) electrons. The van der Waals surface area contributed by atoms with E-state index in [4.69, 9.17) is 0 Å². The van der Waals surface area contributed by atoms with Gasteiger partial charge in [0.1, 0.15) is 0 Å². The topological polar surface area (TPSA) is 20.3 Å². The van der Waals surface area contributed by atoms with Crippen LogP contribution >= 0.6 is 0 Å². The summed E-state index contributed by atoms with van der Waals surface area (Å²) in [6.45, 7) is 4.21. The number of rotatable bonds is 3. The Labute approximate surface area is 126 Å². The SMILES string of the molecule is Cc1ccc(CCC(=O)N2c3ccccc3C[C@H]2C)cc1. The number of anilines is 1. The molecule has 0 spiro atoms. The van der Waals surface area contributed by atoms with Crippen molar-refractivity contribution < 1.29 is 4.79 Å². The quantitative estimate of drug-likeness (QED) is 0.834. The van der Waals surface area contributed by atoms with Gasteiger partial charge in [0, 0.05) is 18.2 Å². The standard InChI is InChI=1S/C19H21NO/c1-14-7-9-16(10-8-14)11-12-19(21)20-15(2)13-17-5-3-4-6-18(17)20/h3-10,15H,11-13H2,1-2H3/t15-/m1/s1. The number of carbonyl (C=O) groups excluding carboxylic acids is 1. The van der Waals surface area contributed by atoms with E-state index in [1.807, 2.05) is 17.0 Å². The Morgan fingerprint density at radius 3 is 2.62 bits per heavy atom. The van der Waals surface area contributed by atoms with Crippen LogP contribution < -0.4 is 4.90 Å². The Balaban J connectivity index is 1.70. The number of para-hydroxylation sites is 1. The van der Waals surface area contributed by atoms with Gasteiger partial charge in [-0.3, -0.25) is 4.79 Å². The van der Waals surface area contributed by atoms with Crippen LogP contribution in [0.1, 0.15) is 30.0 Å². The number of carbonyl (C=O) groups is 1. The molecule has 108 valence electrons. The molecular formula is C19H21NO. The molecule has 0 saturated carbocycles. The van der Waals surface area contributed by atoms with Crippen molar-refractivity contribution in [1.29, 1.82) is 0 Å². The van der Waals surface area contributed by atoms with Crippen LogP contribution in [0.2, 0.25) is 0 Å². The van der Waals surface area contributed by atoms with Gasteiger partial charge >= 0.3 is 0 Å². The first-order valence-electron chi connectivity index (χ1n) is 7.60. The molecule has 1 atom stereocenters. The molecule has 0 aromatic heterocycles. The van der Waals surface area contributed by atoms with Crippen LogP contribution in [0, 0.1) is 6.92 Å². The summed E-state index contributed by atoms with van der Waals surface area (Å²) in [5, 5.41) is 0. The third-order valence-corrected chi connectivity index (χ3v) is 4.22. The summed E-state index contributed by atoms with van der Waals surface area (Å²) in [4.78, 5) is 14.6. The number of fused-ring (bicyclic) bond motifs is 1. The third kappa shape index (κ3) is 2.85. The molecule has 2 aromatic carbocycles. The van der Waals surface area contributed by atoms with Gasteiger partial charge < -0.3 is 4.90 Å². The molecule has 1 aliphatic heterocycles. The lowest BCUT2D eigenvalue weighted by atomic mass is 10.1. The predicted octanol–water partition coefficient (Wildman–Crippen LogP) is 3.91. The minimum absolute atomic E-state index is 0.230. The van der Waals surface area contributed by atoms with Crippen molar-refractivity contribution in [3.63, 3.8) is 0 Å². The first-order valence-corrected chi connectivity index (χ1v) is 7.60. The van der Waals surface area contributed by atoms with Gasteiger partial charge in [0.15, 0.2) is 0 Å². The normalized spacial score (nSPS) is 16.9. The second kappa shape index (κ2) is 5.72. The van der Waals surface area contributed by atoms with E-state index in [1.165, 1.54) is 16.7 Å². The molecule has 0 unspecified atom stereocenters. The molecule has 2 nitrogen and oxygen atoms in total. The summed E-state index contributed by atoms with van der Waals surface area (Å²) < 4.78 is 0. The summed E-state index contributed by atoms with van der Waals surface area (Å²) >= 11 is 0. The van der Waals surface area contributed by atoms with Gasteiger partial charge in [-0.15, -0.1) is 0 Å². The molecule has 0 N–H and O–H groups in total. The Kier molecular flexibility index (Phi) is 3.78. The molecule has 0 fully saturated rings. The van der Waals surface area contributed by atoms with Crippen LogP contribution in [0.15, 0.2) is 48.5 Å². The van der Waals surface area contributed by atoms with Crippen molar-refractivity contribution in [3.05, 3.63) is 65.2 Å². The van der Waals surface area contributed by atoms with Gasteiger partial charge in [0.25, 0.3) is 0 Å². The number of hydrogen-bond acceptors (Lipinski definition) is 1. The van der Waals surface area contributed by atoms with Gasteiger partial charge in [-0.1, -0.05) is 48.0 Å². The van der Waals surface area contributed by atoms with Crippen LogP contribution in [0.25, 0.3) is 0 Å². The fourth-order valence-corrected chi connectivity index (χ4v) is 3.07. The maximum Gasteiger partial charge on any atom is 0.227 e. The highest BCUT2D eigenvalue weighted by atomic mass is 16.2. The molecule has 21 heavy (non-hydrogen) atoms. The van der Waals surface area contributed by atoms with Gasteiger partial charge in [-0.25, -0.2) is 0 Å². The van der Waals surface area contributed by atoms with E-state index in [-0.39, 0.29) is 11.9 Å². The molecule has 2 aromatic rings. The fraction of sp³-hybridized carbons (Fsp3) is 0.316. The van der Waals surface area contributed by atoms with Crippen LogP contribution in [-0.2, 0) is 17.6 Å². The summed E-state index contributed by atoms with van der Waals surface area (Å²) in [5.41, 5.74) is 4.87. The average molecular weight is 279 g/mol. The zero-order valence-corrected chi connectivity index (χ0v) is 12.7. The minimum atomic E-state index is 0.230. The van der Waals surface area contributed by atoms with Crippen molar-refractivity contribution in [2.24, 2.45) is 0 Å². The maximum atomic E-state index is 12.6. The van der Waals surface area contributed by atoms with Crippen LogP contribution in [0.4, 0.5) is 5.69 Å². The number of aryl methyl sites for hydroxylation is 2. The van der Waals surface area contributed by atoms with E-state index < -0.39 is 0 Å². The van der Waals surface area contributed by atoms with Gasteiger partial charge in [0.2, 0.25) is 5.91 Å². The average Bonchev–Trinajstić information content (AvgIpc) is 2.82. The molecule has 1 amide bonds. The Morgan fingerprint density at radius 2 is 1.86 bits per heavy atom. The van der Waals surface area contributed by atoms with E-state index in [2.05, 4.69) is 50.2 Å². The zero-order chi connectivity index (χ0) is 14.8. The highest BCUT2D eigenvalue weighted by molar-refractivity contribution is 5.96. The first kappa shape index (κ1) is 13.9. The lowest BCUT2D eigenvalue weighted by Gasteiger charge is -2.22. The summed E-state index contributed by atoms with van der Waals surface area (Å²) in [6.07, 6.45) is 2.35. The van der Waals surface area contributed by atoms with Gasteiger partial charge in [-0.2, -0.15) is 0 Å². The van der Waals surface area contributed by atoms with Gasteiger partial charge in [-0.05, 0) is 43.9 Å². The summed E-state index contributed by atoms with van der Waals surface area (Å²) in [6, 6.07) is 17.0. The highest BCUT2D eigenvalue weighted by Gasteiger charge is 2.29. The molecule has 0 saturated heterocycles. The number of hydrogen-bond donors (Lipinski definition) is 0. The molecule has 2 heteroatoms. The van der Waals surface area contributed by atoms with Crippen molar-refractivity contribution in [2.75, 3.05) is 4.90 Å². The van der Waals surface area contributed by atoms with Crippen molar-refractivity contribution >= 4 is 11.6 Å². The lowest BCUT2D eigenvalue weighted by Crippen LogP contribution is -2.35. The molecule has 0 aliphatic carbocycles. The molecule has 1 heterocycles. The predicted molar refractivity (Wildman–Crippen MR) is 86.6 cm³/mol. The van der Waals surface area contributed by atoms with Crippen LogP contribution in [-0.4, -0.2) is 11.9 Å². The largest absolute Gasteiger partial charge is 0.309 e. The fourth-order valence-electron chi connectivity index (χ4n) is 3.07. The Morgan fingerprint density at radius 1 is 1.14 bits per heavy atom. The van der Waals surface area contributed by atoms with E-state index in [0.29, 0.717) is 6.42 Å². The number of benzene rings is 2. The smallest absolute Gasteiger partial charge is 0.227 e. The minimum Gasteiger partial charge on any atom is -0.309 e. The Bertz CT molecular complexity index is 645. The summed E-state index contributed by atoms with van der Waals surface area (Å²) in [5.74, 6) is 0.230. The van der Waals surface area contributed by atoms with Crippen molar-refractivity contribution in [2.45, 2.75) is 39.2 Å². The van der Waals surface area contributed by atoms with Crippen molar-refractivity contribution in [1.82, 2.24) is 0 Å². The third-order valence-electron chi connectivity index (χ3n) is 4.22. The second-order valence-corrected chi connectivity index (χ2v) is 5.93. The van der Waals surface area contributed by atoms with E-state index in [1.54, 1.807) is 0 Å². The molecule has 0 bridgehead atoms. The maximum absolute atomic E-state index is 12.6. The monoisotopic (exact) mass is 279 g/mol. The van der Waals surface area contributed by atoms with E-state index in [0.717, 1.165) is 18.5 Å². The highest BCUT2D eigenvalue weighted by Crippen LogP contribution is 2.32. The van der Waals surface area contributed by atoms with Crippen LogP contribution in [0.5, 0.6) is 0 Å². The summed E-state index contributed by atoms with van der Waals surface area (Å²) in [7, 11) is 0. The molecule has 1 aliphatic rings. The number of nitrogens with zero attached hydrogens (tertiary/aromatic N) is 1. The van der Waals surface area contributed by atoms with E-state index in [9.17, 15) is 4.79 Å². The van der Waals surface area contributed by atoms with E-state index >= 15 is 0 Å². The second-order valence-electron chi connectivity index (χ2n) is 5.93. The zero-order valence-electron chi connectivity index (χ0n) is 12.7. The molecule has 3 rings (SSSR count). The molecular weight excluding hydrogens is 258 g/mol. The number of amides is 1. The Hall–Kier alpha value is -2.09. The first-order chi connectivity index (χ1) is 10.1. The lowest BCUT2D eigenvalue weighted by molar-refractivity contribution is -0.118. The van der Waals surface area contributed by atoms with Crippen LogP contribution in [0.3, 0.4) is 0 Å². The van der Waals surface area contributed by atoms with Crippen molar-refractivity contribution in [3.8, 4) is 0 Å².